The molecule has 1 atom stereocenters. The van der Waals surface area contributed by atoms with Crippen molar-refractivity contribution in [3.8, 4) is 0 Å². The molecule has 2 N–H and O–H groups in total. The maximum absolute atomic E-state index is 5.38. The fraction of sp³-hybridized carbons (Fsp3) is 0.692. The number of thioether (sulfide) groups is 1. The van der Waals surface area contributed by atoms with E-state index in [0.29, 0.717) is 25.1 Å². The molecule has 108 valence electrons. The molecule has 1 aromatic heterocycles. The topological polar surface area (TPSA) is 59.1 Å². The first-order valence-electron chi connectivity index (χ1n) is 6.64. The molecular formula is C13H24N4OS. The number of hydrogen-bond acceptors (Lipinski definition) is 6. The zero-order chi connectivity index (χ0) is 14.1. The van der Waals surface area contributed by atoms with Gasteiger partial charge in [-0.15, -0.1) is 0 Å². The van der Waals surface area contributed by atoms with Crippen molar-refractivity contribution >= 4 is 23.4 Å². The summed E-state index contributed by atoms with van der Waals surface area (Å²) in [6.07, 6.45) is 2.10. The van der Waals surface area contributed by atoms with Crippen molar-refractivity contribution in [3.63, 3.8) is 0 Å². The van der Waals surface area contributed by atoms with E-state index >= 15 is 0 Å². The third-order valence-electron chi connectivity index (χ3n) is 2.38. The van der Waals surface area contributed by atoms with E-state index in [1.807, 2.05) is 31.7 Å². The van der Waals surface area contributed by atoms with Crippen molar-refractivity contribution in [1.82, 2.24) is 9.97 Å². The van der Waals surface area contributed by atoms with Gasteiger partial charge in [0.15, 0.2) is 5.82 Å². The van der Waals surface area contributed by atoms with E-state index in [1.165, 1.54) is 0 Å². The van der Waals surface area contributed by atoms with Crippen LogP contribution in [0.15, 0.2) is 6.07 Å². The van der Waals surface area contributed by atoms with Crippen molar-refractivity contribution in [2.24, 2.45) is 0 Å². The third-order valence-corrected chi connectivity index (χ3v) is 3.21. The zero-order valence-corrected chi connectivity index (χ0v) is 13.0. The monoisotopic (exact) mass is 284 g/mol. The van der Waals surface area contributed by atoms with Crippen LogP contribution in [0.5, 0.6) is 0 Å². The van der Waals surface area contributed by atoms with Gasteiger partial charge in [-0.3, -0.25) is 0 Å². The first-order chi connectivity index (χ1) is 9.19. The summed E-state index contributed by atoms with van der Waals surface area (Å²) in [5, 5.41) is 6.61. The molecule has 1 heterocycles. The molecular weight excluding hydrogens is 260 g/mol. The molecule has 0 saturated carbocycles. The molecule has 0 aromatic carbocycles. The van der Waals surface area contributed by atoms with Crippen LogP contribution < -0.4 is 10.6 Å². The van der Waals surface area contributed by atoms with Crippen LogP contribution >= 0.6 is 11.8 Å². The van der Waals surface area contributed by atoms with Gasteiger partial charge in [-0.25, -0.2) is 9.97 Å². The summed E-state index contributed by atoms with van der Waals surface area (Å²) in [5.41, 5.74) is 0. The molecule has 0 radical (unpaired) electrons. The summed E-state index contributed by atoms with van der Waals surface area (Å²) in [7, 11) is 0. The summed E-state index contributed by atoms with van der Waals surface area (Å²) in [5.74, 6) is 3.44. The van der Waals surface area contributed by atoms with Crippen LogP contribution in [0.3, 0.4) is 0 Å². The van der Waals surface area contributed by atoms with E-state index in [9.17, 15) is 0 Å². The van der Waals surface area contributed by atoms with Crippen molar-refractivity contribution in [1.29, 1.82) is 0 Å². The molecule has 19 heavy (non-hydrogen) atoms. The lowest BCUT2D eigenvalue weighted by molar-refractivity contribution is 0.128. The Kier molecular flexibility index (Phi) is 7.59. The maximum Gasteiger partial charge on any atom is 0.158 e. The lowest BCUT2D eigenvalue weighted by atomic mass is 10.3. The van der Waals surface area contributed by atoms with E-state index in [-0.39, 0.29) is 0 Å². The first kappa shape index (κ1) is 16.0. The zero-order valence-electron chi connectivity index (χ0n) is 12.2. The van der Waals surface area contributed by atoms with Crippen molar-refractivity contribution in [2.75, 3.05) is 35.8 Å². The smallest absolute Gasteiger partial charge is 0.158 e. The van der Waals surface area contributed by atoms with Crippen LogP contribution in [0, 0.1) is 0 Å². The van der Waals surface area contributed by atoms with Gasteiger partial charge in [0.25, 0.3) is 0 Å². The predicted octanol–water partition coefficient (Wildman–Crippen LogP) is 2.61. The van der Waals surface area contributed by atoms with E-state index in [2.05, 4.69) is 33.8 Å². The van der Waals surface area contributed by atoms with Crippen molar-refractivity contribution in [2.45, 2.75) is 33.4 Å². The number of nitrogens with zero attached hydrogens (tertiary/aromatic N) is 2. The lowest BCUT2D eigenvalue weighted by Gasteiger charge is -2.15. The van der Waals surface area contributed by atoms with Crippen LogP contribution in [0.1, 0.15) is 26.6 Å². The van der Waals surface area contributed by atoms with Gasteiger partial charge in [0.05, 0.1) is 0 Å². The van der Waals surface area contributed by atoms with Gasteiger partial charge in [-0.05, 0) is 27.0 Å². The van der Waals surface area contributed by atoms with Crippen LogP contribution in [-0.2, 0) is 11.3 Å². The van der Waals surface area contributed by atoms with Crippen LogP contribution in [0.2, 0.25) is 0 Å². The summed E-state index contributed by atoms with van der Waals surface area (Å²) in [6, 6.07) is 2.31. The van der Waals surface area contributed by atoms with Gasteiger partial charge in [0.2, 0.25) is 0 Å². The van der Waals surface area contributed by atoms with Crippen LogP contribution in [-0.4, -0.2) is 41.2 Å². The number of ether oxygens (including phenoxy) is 1. The van der Waals surface area contributed by atoms with Gasteiger partial charge >= 0.3 is 0 Å². The molecule has 0 spiro atoms. The third kappa shape index (κ3) is 6.11. The predicted molar refractivity (Wildman–Crippen MR) is 83.0 cm³/mol. The normalized spacial score (nSPS) is 12.2. The van der Waals surface area contributed by atoms with Gasteiger partial charge in [0.1, 0.15) is 18.2 Å². The Bertz CT molecular complexity index is 376. The average molecular weight is 284 g/mol. The molecule has 0 saturated heterocycles. The fourth-order valence-electron chi connectivity index (χ4n) is 1.64. The highest BCUT2D eigenvalue weighted by Crippen LogP contribution is 2.14. The Hall–Kier alpha value is -1.01. The second-order valence-corrected chi connectivity index (χ2v) is 5.13. The Morgan fingerprint density at radius 3 is 2.68 bits per heavy atom. The molecule has 1 rings (SSSR count). The van der Waals surface area contributed by atoms with Gasteiger partial charge < -0.3 is 15.4 Å². The van der Waals surface area contributed by atoms with Crippen LogP contribution in [0.25, 0.3) is 0 Å². The number of nitrogens with one attached hydrogen (secondary N) is 2. The van der Waals surface area contributed by atoms with Crippen molar-refractivity contribution < 1.29 is 4.74 Å². The number of rotatable bonds is 9. The van der Waals surface area contributed by atoms with E-state index in [1.54, 1.807) is 0 Å². The second kappa shape index (κ2) is 8.98. The van der Waals surface area contributed by atoms with Gasteiger partial charge in [-0.1, -0.05) is 0 Å². The average Bonchev–Trinajstić information content (AvgIpc) is 2.36. The maximum atomic E-state index is 5.38. The number of anilines is 2. The summed E-state index contributed by atoms with van der Waals surface area (Å²) in [4.78, 5) is 8.90. The number of hydrogen-bond donors (Lipinski definition) is 2. The molecule has 1 unspecified atom stereocenters. The Morgan fingerprint density at radius 1 is 1.32 bits per heavy atom. The minimum atomic E-state index is 0.374. The molecule has 1 aromatic rings. The summed E-state index contributed by atoms with van der Waals surface area (Å²) >= 11 is 1.82. The molecule has 0 aliphatic heterocycles. The highest BCUT2D eigenvalue weighted by atomic mass is 32.2. The standard InChI is InChI=1S/C13H24N4OS/c1-5-14-11-7-12(15-10(3)9-19-4)17-13(16-11)8-18-6-2/h7,10H,5-6,8-9H2,1-4H3,(H2,14,15,16,17). The van der Waals surface area contributed by atoms with Crippen LogP contribution in [0.4, 0.5) is 11.6 Å². The highest BCUT2D eigenvalue weighted by molar-refractivity contribution is 7.98. The molecule has 0 aliphatic carbocycles. The SMILES string of the molecule is CCNc1cc(NC(C)CSC)nc(COCC)n1. The van der Waals surface area contributed by atoms with E-state index < -0.39 is 0 Å². The Balaban J connectivity index is 2.79. The molecule has 0 bridgehead atoms. The quantitative estimate of drug-likeness (QED) is 0.727. The molecule has 0 fully saturated rings. The van der Waals surface area contributed by atoms with Gasteiger partial charge in [-0.2, -0.15) is 11.8 Å². The number of aromatic nitrogens is 2. The fourth-order valence-corrected chi connectivity index (χ4v) is 2.23. The molecule has 5 nitrogen and oxygen atoms in total. The van der Waals surface area contributed by atoms with Crippen molar-refractivity contribution in [3.05, 3.63) is 11.9 Å². The Labute approximate surface area is 119 Å². The Morgan fingerprint density at radius 2 is 2.05 bits per heavy atom. The molecule has 0 aliphatic rings. The van der Waals surface area contributed by atoms with E-state index in [4.69, 9.17) is 4.74 Å². The minimum Gasteiger partial charge on any atom is -0.374 e. The first-order valence-corrected chi connectivity index (χ1v) is 8.04. The molecule has 0 amide bonds. The molecule has 6 heteroatoms. The largest absolute Gasteiger partial charge is 0.374 e. The summed E-state index contributed by atoms with van der Waals surface area (Å²) in [6.45, 7) is 8.11. The van der Waals surface area contributed by atoms with E-state index in [0.717, 1.165) is 23.9 Å². The summed E-state index contributed by atoms with van der Waals surface area (Å²) < 4.78 is 5.38. The second-order valence-electron chi connectivity index (χ2n) is 4.22. The lowest BCUT2D eigenvalue weighted by Crippen LogP contribution is -2.19. The minimum absolute atomic E-state index is 0.374. The van der Waals surface area contributed by atoms with Gasteiger partial charge in [0, 0.05) is 31.0 Å². The highest BCUT2D eigenvalue weighted by Gasteiger charge is 2.07.